The van der Waals surface area contributed by atoms with Gasteiger partial charge >= 0.3 is 6.36 Å². The van der Waals surface area contributed by atoms with E-state index in [0.29, 0.717) is 16.1 Å². The van der Waals surface area contributed by atoms with Gasteiger partial charge in [0.25, 0.3) is 5.91 Å². The number of likely N-dealkylation sites (tertiary alicyclic amines) is 1. The highest BCUT2D eigenvalue weighted by atomic mass is 35.5. The van der Waals surface area contributed by atoms with E-state index in [2.05, 4.69) is 14.9 Å². The van der Waals surface area contributed by atoms with Crippen molar-refractivity contribution in [3.63, 3.8) is 0 Å². The first-order valence-electron chi connectivity index (χ1n) is 9.14. The molecule has 1 aromatic heterocycles. The lowest BCUT2D eigenvalue weighted by Crippen LogP contribution is -2.31. The molecule has 2 heterocycles. The van der Waals surface area contributed by atoms with Gasteiger partial charge in [0, 0.05) is 29.1 Å². The van der Waals surface area contributed by atoms with Gasteiger partial charge in [-0.15, -0.1) is 13.2 Å². The number of amides is 1. The van der Waals surface area contributed by atoms with Gasteiger partial charge in [-0.05, 0) is 48.5 Å². The molecular formula is C20H15ClF3N3O4. The zero-order chi connectivity index (χ0) is 22.2. The van der Waals surface area contributed by atoms with Crippen molar-refractivity contribution in [1.82, 2.24) is 15.0 Å². The highest BCUT2D eigenvalue weighted by molar-refractivity contribution is 6.30. The summed E-state index contributed by atoms with van der Waals surface area (Å²) in [5.41, 5.74) is 0.794. The van der Waals surface area contributed by atoms with E-state index in [-0.39, 0.29) is 36.3 Å². The van der Waals surface area contributed by atoms with Crippen LogP contribution in [0.3, 0.4) is 0 Å². The Bertz CT molecular complexity index is 1070. The molecule has 3 aromatic rings. The summed E-state index contributed by atoms with van der Waals surface area (Å²) in [5, 5.41) is 14.4. The number of halogens is 4. The molecule has 11 heteroatoms. The second-order valence-corrected chi connectivity index (χ2v) is 7.33. The Labute approximate surface area is 179 Å². The van der Waals surface area contributed by atoms with Gasteiger partial charge in [0.05, 0.1) is 6.10 Å². The Hall–Kier alpha value is -3.11. The SMILES string of the molecule is O=C(c1ccc(Cl)cc1)N1C[C@H](O)CC1c1nc(-c2ccc(OC(F)(F)F)cc2)no1. The van der Waals surface area contributed by atoms with Crippen LogP contribution in [0.4, 0.5) is 13.2 Å². The van der Waals surface area contributed by atoms with E-state index in [4.69, 9.17) is 16.1 Å². The molecule has 1 amide bonds. The Morgan fingerprint density at radius 2 is 1.84 bits per heavy atom. The molecule has 162 valence electrons. The summed E-state index contributed by atoms with van der Waals surface area (Å²) < 4.78 is 46.0. The van der Waals surface area contributed by atoms with Gasteiger partial charge in [-0.2, -0.15) is 4.98 Å². The fourth-order valence-electron chi connectivity index (χ4n) is 3.32. The predicted molar refractivity (Wildman–Crippen MR) is 102 cm³/mol. The second-order valence-electron chi connectivity index (χ2n) is 6.90. The molecule has 0 radical (unpaired) electrons. The number of hydrogen-bond donors (Lipinski definition) is 1. The number of carbonyl (C=O) groups excluding carboxylic acids is 1. The van der Waals surface area contributed by atoms with Crippen molar-refractivity contribution in [2.75, 3.05) is 6.54 Å². The molecule has 31 heavy (non-hydrogen) atoms. The van der Waals surface area contributed by atoms with Gasteiger partial charge in [0.2, 0.25) is 11.7 Å². The van der Waals surface area contributed by atoms with Crippen molar-refractivity contribution in [2.24, 2.45) is 0 Å². The van der Waals surface area contributed by atoms with Crippen LogP contribution in [0.1, 0.15) is 28.7 Å². The van der Waals surface area contributed by atoms with Crippen molar-refractivity contribution in [1.29, 1.82) is 0 Å². The number of β-amino-alcohol motifs (C(OH)–C–C–N with tert-alkyl or cyclic N) is 1. The molecule has 0 bridgehead atoms. The first-order chi connectivity index (χ1) is 14.7. The Kier molecular flexibility index (Phi) is 5.59. The van der Waals surface area contributed by atoms with E-state index in [1.807, 2.05) is 0 Å². The topological polar surface area (TPSA) is 88.7 Å². The van der Waals surface area contributed by atoms with Crippen molar-refractivity contribution in [2.45, 2.75) is 24.9 Å². The Morgan fingerprint density at radius 3 is 2.48 bits per heavy atom. The molecule has 0 aliphatic carbocycles. The van der Waals surface area contributed by atoms with Gasteiger partial charge < -0.3 is 19.3 Å². The third-order valence-electron chi connectivity index (χ3n) is 4.70. The van der Waals surface area contributed by atoms with E-state index in [9.17, 15) is 23.1 Å². The van der Waals surface area contributed by atoms with Gasteiger partial charge in [-0.25, -0.2) is 0 Å². The maximum Gasteiger partial charge on any atom is 0.573 e. The molecule has 7 nitrogen and oxygen atoms in total. The third kappa shape index (κ3) is 4.80. The third-order valence-corrected chi connectivity index (χ3v) is 4.96. The molecule has 1 fully saturated rings. The Morgan fingerprint density at radius 1 is 1.16 bits per heavy atom. The molecule has 2 atom stereocenters. The number of alkyl halides is 3. The normalized spacial score (nSPS) is 18.9. The van der Waals surface area contributed by atoms with Crippen LogP contribution in [0, 0.1) is 0 Å². The number of nitrogens with zero attached hydrogens (tertiary/aromatic N) is 3. The molecule has 1 saturated heterocycles. The molecule has 2 aromatic carbocycles. The molecule has 4 rings (SSSR count). The van der Waals surface area contributed by atoms with Gasteiger partial charge in [-0.1, -0.05) is 16.8 Å². The van der Waals surface area contributed by atoms with E-state index in [1.165, 1.54) is 17.0 Å². The van der Waals surface area contributed by atoms with Crippen LogP contribution >= 0.6 is 11.6 Å². The largest absolute Gasteiger partial charge is 0.573 e. The summed E-state index contributed by atoms with van der Waals surface area (Å²) >= 11 is 5.86. The summed E-state index contributed by atoms with van der Waals surface area (Å²) in [6, 6.07) is 10.7. The lowest BCUT2D eigenvalue weighted by Gasteiger charge is -2.21. The van der Waals surface area contributed by atoms with Crippen LogP contribution in [-0.2, 0) is 0 Å². The number of ether oxygens (including phenoxy) is 1. The zero-order valence-corrected chi connectivity index (χ0v) is 16.5. The van der Waals surface area contributed by atoms with Crippen LogP contribution in [0.15, 0.2) is 53.1 Å². The Balaban J connectivity index is 1.54. The fraction of sp³-hybridized carbons (Fsp3) is 0.250. The van der Waals surface area contributed by atoms with Crippen molar-refractivity contribution in [3.8, 4) is 17.1 Å². The molecular weight excluding hydrogens is 439 g/mol. The zero-order valence-electron chi connectivity index (χ0n) is 15.7. The number of aliphatic hydroxyl groups excluding tert-OH is 1. The minimum absolute atomic E-state index is 0.0906. The smallest absolute Gasteiger partial charge is 0.406 e. The average Bonchev–Trinajstić information content (AvgIpc) is 3.34. The maximum atomic E-state index is 12.9. The predicted octanol–water partition coefficient (Wildman–Crippen LogP) is 4.24. The second kappa shape index (κ2) is 8.20. The van der Waals surface area contributed by atoms with E-state index in [0.717, 1.165) is 12.1 Å². The van der Waals surface area contributed by atoms with Crippen molar-refractivity contribution in [3.05, 3.63) is 65.0 Å². The van der Waals surface area contributed by atoms with Crippen molar-refractivity contribution >= 4 is 17.5 Å². The number of aliphatic hydroxyl groups is 1. The first kappa shape index (κ1) is 21.1. The van der Waals surface area contributed by atoms with Crippen LogP contribution in [0.2, 0.25) is 5.02 Å². The highest BCUT2D eigenvalue weighted by Crippen LogP contribution is 2.34. The maximum absolute atomic E-state index is 12.9. The molecule has 1 aliphatic rings. The summed E-state index contributed by atoms with van der Waals surface area (Å²) in [6.07, 6.45) is -5.35. The van der Waals surface area contributed by atoms with Gasteiger partial charge in [0.15, 0.2) is 0 Å². The highest BCUT2D eigenvalue weighted by Gasteiger charge is 2.39. The lowest BCUT2D eigenvalue weighted by molar-refractivity contribution is -0.274. The quantitative estimate of drug-likeness (QED) is 0.635. The van der Waals surface area contributed by atoms with Crippen LogP contribution in [0.25, 0.3) is 11.4 Å². The summed E-state index contributed by atoms with van der Waals surface area (Å²) in [6.45, 7) is 0.0906. The number of benzene rings is 2. The van der Waals surface area contributed by atoms with Gasteiger partial charge in [-0.3, -0.25) is 4.79 Å². The standard InChI is InChI=1S/C20H15ClF3N3O4/c21-13-5-1-12(2-6-13)19(29)27-10-14(28)9-16(27)18-25-17(26-31-18)11-3-7-15(8-4-11)30-20(22,23)24/h1-8,14,16,28H,9-10H2/t14-,16?/m1/s1. The monoisotopic (exact) mass is 453 g/mol. The fourth-order valence-corrected chi connectivity index (χ4v) is 3.45. The van der Waals surface area contributed by atoms with Crippen molar-refractivity contribution < 1.29 is 32.3 Å². The summed E-state index contributed by atoms with van der Waals surface area (Å²) in [5.74, 6) is -0.455. The van der Waals surface area contributed by atoms with E-state index in [1.54, 1.807) is 24.3 Å². The lowest BCUT2D eigenvalue weighted by atomic mass is 10.1. The number of hydrogen-bond acceptors (Lipinski definition) is 6. The van der Waals surface area contributed by atoms with Crippen LogP contribution < -0.4 is 4.74 Å². The van der Waals surface area contributed by atoms with Gasteiger partial charge in [0.1, 0.15) is 11.8 Å². The number of carbonyl (C=O) groups is 1. The summed E-state index contributed by atoms with van der Waals surface area (Å²) in [7, 11) is 0. The van der Waals surface area contributed by atoms with Crippen LogP contribution in [-0.4, -0.2) is 45.1 Å². The first-order valence-corrected chi connectivity index (χ1v) is 9.52. The number of rotatable bonds is 4. The molecule has 1 aliphatic heterocycles. The summed E-state index contributed by atoms with van der Waals surface area (Å²) in [4.78, 5) is 18.6. The minimum Gasteiger partial charge on any atom is -0.406 e. The molecule has 1 N–H and O–H groups in total. The van der Waals surface area contributed by atoms with E-state index >= 15 is 0 Å². The molecule has 0 saturated carbocycles. The minimum atomic E-state index is -4.79. The number of aromatic nitrogens is 2. The van der Waals surface area contributed by atoms with E-state index < -0.39 is 18.5 Å². The molecule has 1 unspecified atom stereocenters. The molecule has 0 spiro atoms. The van der Waals surface area contributed by atoms with Crippen LogP contribution in [0.5, 0.6) is 5.75 Å². The average molecular weight is 454 g/mol.